The predicted octanol–water partition coefficient (Wildman–Crippen LogP) is 18.8. The first-order chi connectivity index (χ1) is 36.2. The Morgan fingerprint density at radius 1 is 0.519 bits per heavy atom. The van der Waals surface area contributed by atoms with E-state index >= 15 is 0 Å². The number of alkyl halides is 12. The second kappa shape index (κ2) is 22.2. The molecule has 1 heterocycles. The van der Waals surface area contributed by atoms with Crippen LogP contribution in [-0.4, -0.2) is 23.5 Å². The minimum Gasteiger partial charge on any atom is -0.858 e. The van der Waals surface area contributed by atoms with Gasteiger partial charge in [-0.2, -0.15) is 52.7 Å². The van der Waals surface area contributed by atoms with Crippen LogP contribution in [0, 0.1) is 17.4 Å². The molecule has 3 nitrogen and oxygen atoms in total. The van der Waals surface area contributed by atoms with Crippen LogP contribution >= 0.6 is 22.6 Å². The van der Waals surface area contributed by atoms with Crippen molar-refractivity contribution in [2.45, 2.75) is 91.2 Å². The Kier molecular flexibility index (Phi) is 16.3. The molecule has 1 aliphatic rings. The molecule has 9 rings (SSSR count). The van der Waals surface area contributed by atoms with E-state index in [-0.39, 0.29) is 57.9 Å². The second-order valence-electron chi connectivity index (χ2n) is 19.6. The lowest BCUT2D eigenvalue weighted by Gasteiger charge is -2.39. The van der Waals surface area contributed by atoms with Gasteiger partial charge in [0.25, 0.3) is 0 Å². The van der Waals surface area contributed by atoms with E-state index in [0.717, 1.165) is 14.8 Å². The van der Waals surface area contributed by atoms with Crippen molar-refractivity contribution in [2.24, 2.45) is 4.99 Å². The molecule has 77 heavy (non-hydrogen) atoms. The first-order valence-electron chi connectivity index (χ1n) is 24.8. The van der Waals surface area contributed by atoms with Gasteiger partial charge in [-0.3, -0.25) is 4.99 Å². The van der Waals surface area contributed by atoms with Gasteiger partial charge in [0.05, 0.1) is 41.0 Å². The Morgan fingerprint density at radius 3 is 1.29 bits per heavy atom. The summed E-state index contributed by atoms with van der Waals surface area (Å²) in [5.74, 6) is -0.194. The Morgan fingerprint density at radius 2 is 0.909 bits per heavy atom. The third-order valence-corrected chi connectivity index (χ3v) is 14.8. The molecule has 0 bridgehead atoms. The molecule has 1 aliphatic heterocycles. The topological polar surface area (TPSA) is 35.4 Å². The van der Waals surface area contributed by atoms with Crippen molar-refractivity contribution < 1.29 is 62.3 Å². The molecule has 0 radical (unpaired) electrons. The van der Waals surface area contributed by atoms with Crippen LogP contribution in [0.25, 0.3) is 54.9 Å². The van der Waals surface area contributed by atoms with Crippen LogP contribution in [0.1, 0.15) is 89.6 Å². The third-order valence-electron chi connectivity index (χ3n) is 14.0. The molecule has 0 amide bonds. The fourth-order valence-electron chi connectivity index (χ4n) is 10.4. The number of halogens is 13. The van der Waals surface area contributed by atoms with Gasteiger partial charge >= 0.3 is 24.7 Å². The number of quaternary nitrogens is 1. The van der Waals surface area contributed by atoms with Crippen molar-refractivity contribution in [1.29, 1.82) is 0 Å². The summed E-state index contributed by atoms with van der Waals surface area (Å²) >= 11 is 2.22. The number of nitrogens with zero attached hydrogens (tertiary/aromatic N) is 2. The first kappa shape index (κ1) is 56.8. The van der Waals surface area contributed by atoms with Crippen LogP contribution in [0.3, 0.4) is 0 Å². The number of benzene rings is 8. The van der Waals surface area contributed by atoms with Gasteiger partial charge in [-0.15, -0.1) is 0 Å². The van der Waals surface area contributed by atoms with Gasteiger partial charge in [-0.05, 0) is 170 Å². The highest BCUT2D eigenvalue weighted by Gasteiger charge is 2.42. The van der Waals surface area contributed by atoms with Crippen LogP contribution in [0.15, 0.2) is 145 Å². The maximum atomic E-state index is 14.4. The summed E-state index contributed by atoms with van der Waals surface area (Å²) in [5, 5.41) is 14.1. The van der Waals surface area contributed by atoms with Crippen molar-refractivity contribution >= 4 is 55.7 Å². The summed E-state index contributed by atoms with van der Waals surface area (Å²) in [7, 11) is 0. The summed E-state index contributed by atoms with van der Waals surface area (Å²) < 4.78 is 174. The predicted molar refractivity (Wildman–Crippen MR) is 286 cm³/mol. The smallest absolute Gasteiger partial charge is 0.416 e. The fraction of sp³-hybridized carbons (Fsp3) is 0.262. The zero-order valence-electron chi connectivity index (χ0n) is 42.2. The summed E-state index contributed by atoms with van der Waals surface area (Å²) in [6, 6.07) is 33.0. The number of unbranched alkanes of at least 4 members (excludes halogenated alkanes) is 2. The molecule has 0 N–H and O–H groups in total. The van der Waals surface area contributed by atoms with E-state index in [9.17, 15) is 57.8 Å². The lowest BCUT2D eigenvalue weighted by Crippen LogP contribution is -2.47. The quantitative estimate of drug-likeness (QED) is 0.0442. The molecule has 8 aromatic rings. The Labute approximate surface area is 451 Å². The summed E-state index contributed by atoms with van der Waals surface area (Å²) in [6.45, 7) is 9.05. The molecule has 0 aromatic heterocycles. The number of rotatable bonds is 10. The van der Waals surface area contributed by atoms with Crippen molar-refractivity contribution in [3.8, 4) is 33.4 Å². The van der Waals surface area contributed by atoms with Crippen LogP contribution in [0.4, 0.5) is 58.4 Å². The largest absolute Gasteiger partial charge is 0.858 e. The molecule has 0 saturated heterocycles. The van der Waals surface area contributed by atoms with Crippen LogP contribution in [-0.2, 0) is 37.8 Å². The monoisotopic (exact) mass is 1180 g/mol. The number of fused-ring (bicyclic) bond motifs is 7. The third kappa shape index (κ3) is 12.5. The number of hydrogen-bond donors (Lipinski definition) is 0. The molecule has 0 aliphatic carbocycles. The average Bonchev–Trinajstić information content (AvgIpc) is 3.63. The highest BCUT2D eigenvalue weighted by atomic mass is 127. The van der Waals surface area contributed by atoms with Crippen LogP contribution < -0.4 is 5.11 Å². The zero-order chi connectivity index (χ0) is 55.8. The van der Waals surface area contributed by atoms with E-state index in [1.165, 1.54) is 5.56 Å². The highest BCUT2D eigenvalue weighted by molar-refractivity contribution is 14.1. The van der Waals surface area contributed by atoms with Crippen molar-refractivity contribution in [3.05, 3.63) is 193 Å². The Balaban J connectivity index is 0.000000367. The molecule has 0 unspecified atom stereocenters. The molecule has 402 valence electrons. The Hall–Kier alpha value is -6.40. The number of aliphatic imine (C=N–C) groups is 1. The van der Waals surface area contributed by atoms with E-state index < -0.39 is 47.0 Å². The van der Waals surface area contributed by atoms with Gasteiger partial charge in [-0.25, -0.2) is 0 Å². The van der Waals surface area contributed by atoms with Crippen molar-refractivity contribution in [1.82, 2.24) is 0 Å². The zero-order valence-corrected chi connectivity index (χ0v) is 44.3. The summed E-state index contributed by atoms with van der Waals surface area (Å²) in [5.41, 5.74) is -1.00. The van der Waals surface area contributed by atoms with E-state index in [1.807, 2.05) is 58.0 Å². The molecule has 16 heteroatoms. The summed E-state index contributed by atoms with van der Waals surface area (Å²) in [4.78, 5) is 4.22. The van der Waals surface area contributed by atoms with E-state index in [0.29, 0.717) is 112 Å². The maximum absolute atomic E-state index is 14.4. The minimum absolute atomic E-state index is 0.0748. The highest BCUT2D eigenvalue weighted by Crippen LogP contribution is 2.52. The lowest BCUT2D eigenvalue weighted by atomic mass is 9.81. The van der Waals surface area contributed by atoms with Crippen LogP contribution in [0.2, 0.25) is 0 Å². The molecular formula is C61H51F12IN2O. The minimum atomic E-state index is -5.14. The van der Waals surface area contributed by atoms with Gasteiger partial charge in [0.15, 0.2) is 0 Å². The van der Waals surface area contributed by atoms with Crippen molar-refractivity contribution in [2.75, 3.05) is 13.1 Å². The van der Waals surface area contributed by atoms with E-state index in [4.69, 9.17) is 0 Å². The molecular weight excluding hydrogens is 1130 g/mol. The van der Waals surface area contributed by atoms with E-state index in [2.05, 4.69) is 27.6 Å². The second-order valence-corrected chi connectivity index (χ2v) is 20.8. The van der Waals surface area contributed by atoms with Crippen molar-refractivity contribution in [3.63, 3.8) is 0 Å². The standard InChI is InChI=1S/C46H38F12N.C15H14INO/c1-3-5-15-59(16-6-4-2)25-39-37(29-17-31(43(47,48)49)23-32(18-29)44(50,51)52)21-27-11-7-9-13-35(27)41(39)42-36-14-10-8-12-28(36)22-38(40(42)26-59)30-19-33(45(53,54)55)24-34(20-30)46(56,57)58;1-10-8-11(2)14(13(16)9-10)17-15(18)12-6-4-3-5-7-12/h7-14,17-24H,3-6,15-16,25-26H2,1-2H3;3-9H,1-2H3,(H,17,18)/q+1;/p-1. The van der Waals surface area contributed by atoms with Gasteiger partial charge < -0.3 is 9.59 Å². The van der Waals surface area contributed by atoms with Gasteiger partial charge in [0.1, 0.15) is 13.1 Å². The van der Waals surface area contributed by atoms with E-state index in [1.54, 1.807) is 72.8 Å². The first-order valence-corrected chi connectivity index (χ1v) is 25.9. The molecule has 0 spiro atoms. The molecule has 0 fully saturated rings. The lowest BCUT2D eigenvalue weighted by molar-refractivity contribution is -0.953. The average molecular weight is 1180 g/mol. The van der Waals surface area contributed by atoms with Gasteiger partial charge in [0, 0.05) is 25.8 Å². The van der Waals surface area contributed by atoms with Crippen LogP contribution in [0.5, 0.6) is 0 Å². The number of hydrogen-bond acceptors (Lipinski definition) is 2. The number of aryl methyl sites for hydroxylation is 2. The maximum Gasteiger partial charge on any atom is 0.416 e. The Bertz CT molecular complexity index is 3240. The van der Waals surface area contributed by atoms with Gasteiger partial charge in [-0.1, -0.05) is 112 Å². The molecule has 8 aromatic carbocycles. The van der Waals surface area contributed by atoms with Gasteiger partial charge in [0.2, 0.25) is 0 Å². The summed E-state index contributed by atoms with van der Waals surface area (Å²) in [6.07, 6.45) is -17.9. The fourth-order valence-corrected chi connectivity index (χ4v) is 11.4. The molecule has 0 saturated carbocycles. The molecule has 0 atom stereocenters. The SMILES string of the molecule is CCCC[N+]1(CCCC)Cc2c(-c3cc(C(F)(F)F)cc(C(F)(F)F)c3)cc3ccccc3c2-c2c(c(-c3cc(C(F)(F)F)cc(C(F)(F)F)c3)cc3ccccc23)C1.Cc1cc(C)c(N=C([O-])c2ccccc2)c(I)c1. The normalized spacial score (nSPS) is 14.0.